The Morgan fingerprint density at radius 3 is 2.50 bits per heavy atom. The molecule has 0 bridgehead atoms. The summed E-state index contributed by atoms with van der Waals surface area (Å²) in [5.74, 6) is 0.606. The molecular weight excluding hydrogens is 665 g/mol. The minimum atomic E-state index is -4.34. The first-order valence-electron chi connectivity index (χ1n) is 15.1. The lowest BCUT2D eigenvalue weighted by Crippen LogP contribution is -2.41. The van der Waals surface area contributed by atoms with E-state index in [9.17, 15) is 27.3 Å². The number of nitrogens with zero attached hydrogens (tertiary/aromatic N) is 7. The van der Waals surface area contributed by atoms with Gasteiger partial charge in [0.15, 0.2) is 10.0 Å². The number of nitriles is 1. The first-order valence-corrected chi connectivity index (χ1v) is 17.4. The number of benzene rings is 1. The molecule has 0 N–H and O–H groups in total. The van der Waals surface area contributed by atoms with Crippen LogP contribution in [0.5, 0.6) is 5.75 Å². The van der Waals surface area contributed by atoms with Crippen LogP contribution < -0.4 is 4.74 Å². The molecule has 4 heterocycles. The van der Waals surface area contributed by atoms with Crippen LogP contribution in [-0.4, -0.2) is 74.6 Å². The van der Waals surface area contributed by atoms with Crippen molar-refractivity contribution >= 4 is 38.7 Å². The highest BCUT2D eigenvalue weighted by molar-refractivity contribution is 7.89. The van der Waals surface area contributed by atoms with Gasteiger partial charge in [-0.25, -0.2) is 27.0 Å². The van der Waals surface area contributed by atoms with Crippen molar-refractivity contribution in [2.45, 2.75) is 69.0 Å². The number of halogens is 2. The molecule has 0 unspecified atom stereocenters. The van der Waals surface area contributed by atoms with Gasteiger partial charge in [-0.3, -0.25) is 4.40 Å². The lowest BCUT2D eigenvalue weighted by atomic mass is 10.0. The largest absolute Gasteiger partial charge is 0.497 e. The van der Waals surface area contributed by atoms with Crippen LogP contribution in [0.15, 0.2) is 53.7 Å². The maximum atomic E-state index is 14.6. The van der Waals surface area contributed by atoms with E-state index in [1.165, 1.54) is 34.3 Å². The molecule has 252 valence electrons. The number of hydrogen-bond donors (Lipinski definition) is 0. The van der Waals surface area contributed by atoms with Crippen molar-refractivity contribution in [3.63, 3.8) is 0 Å². The van der Waals surface area contributed by atoms with Crippen LogP contribution >= 0.6 is 11.3 Å². The average molecular weight is 698 g/mol. The number of amides is 1. The van der Waals surface area contributed by atoms with Crippen LogP contribution in [0.2, 0.25) is 0 Å². The maximum Gasteiger partial charge on any atom is 0.410 e. The van der Waals surface area contributed by atoms with Crippen molar-refractivity contribution in [3.8, 4) is 22.5 Å². The summed E-state index contributed by atoms with van der Waals surface area (Å²) in [5.41, 5.74) is 0.641. The second-order valence-electron chi connectivity index (χ2n) is 12.6. The summed E-state index contributed by atoms with van der Waals surface area (Å²) in [5, 5.41) is 17.3. The lowest BCUT2D eigenvalue weighted by molar-refractivity contribution is 0.0270. The predicted octanol–water partition coefficient (Wildman–Crippen LogP) is 6.07. The predicted molar refractivity (Wildman–Crippen MR) is 173 cm³/mol. The van der Waals surface area contributed by atoms with E-state index in [1.54, 1.807) is 49.9 Å². The minimum Gasteiger partial charge on any atom is -0.497 e. The van der Waals surface area contributed by atoms with Crippen molar-refractivity contribution in [3.05, 3.63) is 64.9 Å². The molecule has 1 aromatic carbocycles. The highest BCUT2D eigenvalue weighted by atomic mass is 32.2. The fourth-order valence-corrected chi connectivity index (χ4v) is 7.92. The number of alkyl halides is 2. The summed E-state index contributed by atoms with van der Waals surface area (Å²) in [6.07, 6.45) is 2.46. The molecule has 1 amide bonds. The van der Waals surface area contributed by atoms with Crippen molar-refractivity contribution < 1.29 is 31.5 Å². The monoisotopic (exact) mass is 697 g/mol. The van der Waals surface area contributed by atoms with Crippen LogP contribution in [0.3, 0.4) is 0 Å². The molecule has 1 aliphatic heterocycles. The van der Waals surface area contributed by atoms with Gasteiger partial charge in [0, 0.05) is 31.4 Å². The first kappa shape index (κ1) is 33.4. The number of carbonyl (C=O) groups excluding carboxylic acids is 1. The third-order valence-electron chi connectivity index (χ3n) is 8.12. The molecule has 0 saturated heterocycles. The molecule has 0 spiro atoms. The van der Waals surface area contributed by atoms with E-state index in [2.05, 4.69) is 21.3 Å². The summed E-state index contributed by atoms with van der Waals surface area (Å²) in [6.45, 7) is 5.82. The van der Waals surface area contributed by atoms with Crippen molar-refractivity contribution in [1.82, 2.24) is 28.8 Å². The molecule has 0 radical (unpaired) electrons. The second-order valence-corrected chi connectivity index (χ2v) is 15.5. The van der Waals surface area contributed by atoms with Gasteiger partial charge in [-0.15, -0.1) is 10.2 Å². The van der Waals surface area contributed by atoms with Gasteiger partial charge in [-0.05, 0) is 69.4 Å². The summed E-state index contributed by atoms with van der Waals surface area (Å²) < 4.78 is 69.6. The Bertz CT molecular complexity index is 2040. The van der Waals surface area contributed by atoms with Crippen LogP contribution in [0.4, 0.5) is 13.6 Å². The highest BCUT2D eigenvalue weighted by Gasteiger charge is 2.54. The number of carbonyl (C=O) groups is 1. The minimum absolute atomic E-state index is 0.0638. The zero-order chi connectivity index (χ0) is 34.4. The van der Waals surface area contributed by atoms with Gasteiger partial charge < -0.3 is 14.4 Å². The number of imidazole rings is 1. The molecule has 16 heteroatoms. The number of ether oxygens (including phenoxy) is 2. The molecule has 48 heavy (non-hydrogen) atoms. The number of sulfonamides is 1. The van der Waals surface area contributed by atoms with Crippen LogP contribution in [0, 0.1) is 11.3 Å². The normalized spacial score (nSPS) is 16.2. The molecule has 6 rings (SSSR count). The van der Waals surface area contributed by atoms with Crippen molar-refractivity contribution in [2.75, 3.05) is 20.2 Å². The van der Waals surface area contributed by atoms with E-state index in [4.69, 9.17) is 9.47 Å². The molecule has 1 fully saturated rings. The number of pyridine rings is 1. The fourth-order valence-electron chi connectivity index (χ4n) is 5.46. The Labute approximate surface area is 280 Å². The standard InChI is InChI=1S/C32H33F2N7O5S2/c1-31(2,3)46-30(42)39-13-9-21(10-14-39)24-15-23(18-40-25(16-36-27(24)40)28-37-38-29(47-28)26(33)34)48(43,44)41(32(19-35)11-12-32)17-20-5-7-22(45-4)8-6-20/h5-9,15-16,18,26H,10-14,17H2,1-4H3. The van der Waals surface area contributed by atoms with E-state index in [0.717, 1.165) is 5.57 Å². The number of methoxy groups -OCH3 is 1. The van der Waals surface area contributed by atoms with Gasteiger partial charge in [0.1, 0.15) is 28.2 Å². The second kappa shape index (κ2) is 12.5. The van der Waals surface area contributed by atoms with Crippen LogP contribution in [0.25, 0.3) is 21.9 Å². The maximum absolute atomic E-state index is 14.6. The van der Waals surface area contributed by atoms with Crippen LogP contribution in [-0.2, 0) is 21.3 Å². The van der Waals surface area contributed by atoms with E-state index >= 15 is 0 Å². The van der Waals surface area contributed by atoms with E-state index in [-0.39, 0.29) is 28.7 Å². The smallest absolute Gasteiger partial charge is 0.410 e. The SMILES string of the molecule is COc1ccc(CN(C2(C#N)CC2)S(=O)(=O)c2cc(C3=CCN(C(=O)OC(C)(C)C)CC3)c3ncc(-c4nnc(C(F)F)s4)n3c2)cc1. The number of aromatic nitrogens is 4. The number of rotatable bonds is 9. The number of fused-ring (bicyclic) bond motifs is 1. The Kier molecular flexibility index (Phi) is 8.73. The van der Waals surface area contributed by atoms with Crippen molar-refractivity contribution in [2.24, 2.45) is 0 Å². The van der Waals surface area contributed by atoms with Gasteiger partial charge in [-0.1, -0.05) is 29.5 Å². The quantitative estimate of drug-likeness (QED) is 0.204. The zero-order valence-corrected chi connectivity index (χ0v) is 28.3. The molecule has 1 saturated carbocycles. The average Bonchev–Trinajstić information content (AvgIpc) is 3.46. The van der Waals surface area contributed by atoms with Gasteiger partial charge in [-0.2, -0.15) is 9.57 Å². The van der Waals surface area contributed by atoms with Gasteiger partial charge in [0.05, 0.1) is 24.3 Å². The summed E-state index contributed by atoms with van der Waals surface area (Å²) >= 11 is 0.686. The highest BCUT2D eigenvalue weighted by Crippen LogP contribution is 2.45. The topological polar surface area (TPSA) is 143 Å². The Balaban J connectivity index is 1.46. The first-order chi connectivity index (χ1) is 22.7. The summed E-state index contributed by atoms with van der Waals surface area (Å²) in [6, 6.07) is 10.7. The van der Waals surface area contributed by atoms with Gasteiger partial charge in [0.25, 0.3) is 6.43 Å². The lowest BCUT2D eigenvalue weighted by Gasteiger charge is -2.30. The Morgan fingerprint density at radius 2 is 1.94 bits per heavy atom. The third kappa shape index (κ3) is 6.49. The molecule has 2 aliphatic rings. The van der Waals surface area contributed by atoms with E-state index < -0.39 is 38.7 Å². The summed E-state index contributed by atoms with van der Waals surface area (Å²) in [7, 11) is -2.80. The van der Waals surface area contributed by atoms with Crippen LogP contribution in [0.1, 0.15) is 62.6 Å². The molecule has 3 aromatic heterocycles. The zero-order valence-electron chi connectivity index (χ0n) is 26.7. The Hall–Kier alpha value is -4.46. The fraction of sp³-hybridized carbons (Fsp3) is 0.406. The molecule has 1 aliphatic carbocycles. The molecule has 0 atom stereocenters. The van der Waals surface area contributed by atoms with Gasteiger partial charge in [0.2, 0.25) is 10.0 Å². The number of hydrogen-bond acceptors (Lipinski definition) is 10. The molecular formula is C32H33F2N7O5S2. The third-order valence-corrected chi connectivity index (χ3v) is 10.9. The van der Waals surface area contributed by atoms with E-state index in [1.807, 2.05) is 6.08 Å². The van der Waals surface area contributed by atoms with E-state index in [0.29, 0.717) is 59.7 Å². The summed E-state index contributed by atoms with van der Waals surface area (Å²) in [4.78, 5) is 18.7. The molecule has 12 nitrogen and oxygen atoms in total. The Morgan fingerprint density at radius 1 is 1.21 bits per heavy atom. The van der Waals surface area contributed by atoms with Crippen molar-refractivity contribution in [1.29, 1.82) is 5.26 Å². The van der Waals surface area contributed by atoms with Gasteiger partial charge >= 0.3 is 6.09 Å². The molecule has 4 aromatic rings.